The van der Waals surface area contributed by atoms with Gasteiger partial charge in [-0.05, 0) is 47.7 Å². The van der Waals surface area contributed by atoms with Crippen molar-refractivity contribution in [1.82, 2.24) is 0 Å². The minimum atomic E-state index is -1.29. The molecule has 2 aromatic carbocycles. The highest BCUT2D eigenvalue weighted by Crippen LogP contribution is 2.39. The fourth-order valence-corrected chi connectivity index (χ4v) is 3.43. The zero-order valence-electron chi connectivity index (χ0n) is 21.6. The van der Waals surface area contributed by atoms with Crippen LogP contribution in [-0.2, 0) is 10.2 Å². The van der Waals surface area contributed by atoms with Crippen molar-refractivity contribution in [2.75, 3.05) is 28.4 Å². The van der Waals surface area contributed by atoms with Gasteiger partial charge in [0.15, 0.2) is 5.75 Å². The zero-order valence-corrected chi connectivity index (χ0v) is 22.5. The molecule has 2 rings (SSSR count). The van der Waals surface area contributed by atoms with Gasteiger partial charge in [0.1, 0.15) is 5.70 Å². The van der Waals surface area contributed by atoms with Crippen molar-refractivity contribution in [2.24, 2.45) is 11.6 Å². The Kier molecular flexibility index (Phi) is 10.9. The highest BCUT2D eigenvalue weighted by Gasteiger charge is 2.21. The van der Waals surface area contributed by atoms with Crippen molar-refractivity contribution in [3.63, 3.8) is 0 Å². The summed E-state index contributed by atoms with van der Waals surface area (Å²) < 4.78 is 8.79. The maximum atomic E-state index is 13.1. The van der Waals surface area contributed by atoms with Crippen molar-refractivity contribution in [1.29, 1.82) is 0 Å². The molecule has 10 heteroatoms. The molecule has 2 aromatic rings. The van der Waals surface area contributed by atoms with Crippen LogP contribution >= 0.6 is 11.9 Å². The van der Waals surface area contributed by atoms with Crippen molar-refractivity contribution >= 4 is 40.9 Å². The third-order valence-corrected chi connectivity index (χ3v) is 5.32. The van der Waals surface area contributed by atoms with Gasteiger partial charge in [0.05, 0.1) is 30.4 Å². The summed E-state index contributed by atoms with van der Waals surface area (Å²) in [6.45, 7) is 12.0. The highest BCUT2D eigenvalue weighted by molar-refractivity contribution is 7.99. The van der Waals surface area contributed by atoms with Gasteiger partial charge >= 0.3 is 5.97 Å². The average Bonchev–Trinajstić information content (AvgIpc) is 2.79. The summed E-state index contributed by atoms with van der Waals surface area (Å²) in [6.07, 6.45) is 2.99. The molecule has 1 amide bonds. The number of methoxy groups -OCH3 is 1. The normalized spacial score (nSPS) is 11.2. The molecule has 0 aromatic heterocycles. The van der Waals surface area contributed by atoms with E-state index in [4.69, 9.17) is 21.4 Å². The Morgan fingerprint density at radius 3 is 2.26 bits per heavy atom. The molecule has 0 aliphatic carbocycles. The lowest BCUT2D eigenvalue weighted by Gasteiger charge is -2.24. The van der Waals surface area contributed by atoms with E-state index in [1.165, 1.54) is 11.9 Å². The molecule has 0 bridgehead atoms. The molecular weight excluding hydrogens is 466 g/mol. The van der Waals surface area contributed by atoms with Gasteiger partial charge in [-0.1, -0.05) is 52.6 Å². The number of carbonyl (C=O) groups excluding carboxylic acids is 1. The predicted octanol–water partition coefficient (Wildman–Crippen LogP) is 4.83. The van der Waals surface area contributed by atoms with E-state index in [0.29, 0.717) is 22.7 Å². The summed E-state index contributed by atoms with van der Waals surface area (Å²) in [5, 5.41) is 13.0. The molecule has 0 saturated heterocycles. The molecule has 35 heavy (non-hydrogen) atoms. The quantitative estimate of drug-likeness (QED) is 0.148. The summed E-state index contributed by atoms with van der Waals surface area (Å²) in [5.41, 5.74) is 8.67. The fourth-order valence-electron chi connectivity index (χ4n) is 3.06. The molecule has 0 saturated carbocycles. The van der Waals surface area contributed by atoms with E-state index < -0.39 is 11.7 Å². The number of hydrogen-bond donors (Lipinski definition) is 5. The van der Waals surface area contributed by atoms with E-state index in [1.54, 1.807) is 32.2 Å². The molecule has 192 valence electrons. The number of amides is 1. The van der Waals surface area contributed by atoms with Crippen molar-refractivity contribution in [3.8, 4) is 5.75 Å². The topological polar surface area (TPSA) is 143 Å². The number of ether oxygens (including phenoxy) is 1. The van der Waals surface area contributed by atoms with Crippen LogP contribution in [0.2, 0.25) is 0 Å². The summed E-state index contributed by atoms with van der Waals surface area (Å²) in [7, 11) is 1.54. The van der Waals surface area contributed by atoms with Crippen molar-refractivity contribution in [2.45, 2.75) is 47.0 Å². The first-order valence-corrected chi connectivity index (χ1v) is 12.3. The highest BCUT2D eigenvalue weighted by atomic mass is 32.2. The molecule has 0 aliphatic heterocycles. The Balaban J connectivity index is 0.00000298. The molecule has 0 atom stereocenters. The maximum absolute atomic E-state index is 13.1. The standard InChI is InChI=1S/C23H31N5O4S.C2H6/c1-13-7-8-14(9-19(13)28(25)12-16(24)22(30)31)21(29)26-17-10-15(23(2,3)4)11-18(27-33-6)20(17)32-5;1-2/h7-12,27H,24-25H2,1-6H3,(H,26,29)(H,30,31);1-2H3/b16-12-;. The number of carboxylic acid groups (broad SMARTS) is 1. The number of aryl methyl sites for hydroxylation is 1. The monoisotopic (exact) mass is 503 g/mol. The van der Waals surface area contributed by atoms with Crippen LogP contribution in [0.4, 0.5) is 17.1 Å². The first-order chi connectivity index (χ1) is 16.4. The van der Waals surface area contributed by atoms with Crippen molar-refractivity contribution in [3.05, 3.63) is 58.9 Å². The average molecular weight is 504 g/mol. The first-order valence-electron chi connectivity index (χ1n) is 11.1. The Morgan fingerprint density at radius 1 is 1.14 bits per heavy atom. The van der Waals surface area contributed by atoms with Gasteiger partial charge in [-0.25, -0.2) is 10.6 Å². The van der Waals surface area contributed by atoms with Crippen molar-refractivity contribution < 1.29 is 19.4 Å². The minimum absolute atomic E-state index is 0.159. The summed E-state index contributed by atoms with van der Waals surface area (Å²) >= 11 is 1.42. The van der Waals surface area contributed by atoms with Gasteiger partial charge in [-0.15, -0.1) is 0 Å². The van der Waals surface area contributed by atoms with Gasteiger partial charge < -0.3 is 25.6 Å². The molecule has 0 unspecified atom stereocenters. The van der Waals surface area contributed by atoms with Crippen LogP contribution in [0.5, 0.6) is 5.75 Å². The Labute approximate surface area is 212 Å². The predicted molar refractivity (Wildman–Crippen MR) is 146 cm³/mol. The lowest BCUT2D eigenvalue weighted by molar-refractivity contribution is -0.132. The van der Waals surface area contributed by atoms with Gasteiger partial charge in [0.2, 0.25) is 0 Å². The van der Waals surface area contributed by atoms with Crippen LogP contribution in [0.25, 0.3) is 0 Å². The SMILES string of the molecule is CC.COc1c(NSC)cc(C(C)(C)C)cc1NC(=O)c1ccc(C)c(N(N)/C=C(\N)C(=O)O)c1. The number of nitrogens with one attached hydrogen (secondary N) is 2. The fraction of sp³-hybridized carbons (Fsp3) is 0.360. The minimum Gasteiger partial charge on any atom is -0.492 e. The van der Waals surface area contributed by atoms with Crippen LogP contribution in [0, 0.1) is 6.92 Å². The Hall–Kier alpha value is -3.37. The number of nitrogens with zero attached hydrogens (tertiary/aromatic N) is 1. The molecule has 0 fully saturated rings. The van der Waals surface area contributed by atoms with Gasteiger partial charge in [-0.3, -0.25) is 9.80 Å². The third kappa shape index (κ3) is 7.83. The number of rotatable bonds is 8. The van der Waals surface area contributed by atoms with Gasteiger partial charge in [0, 0.05) is 11.8 Å². The van der Waals surface area contributed by atoms with E-state index in [2.05, 4.69) is 30.8 Å². The third-order valence-electron chi connectivity index (χ3n) is 4.89. The number of carboxylic acids is 1. The number of aliphatic carboxylic acids is 1. The van der Waals surface area contributed by atoms with Gasteiger partial charge in [0.25, 0.3) is 5.91 Å². The lowest BCUT2D eigenvalue weighted by Crippen LogP contribution is -2.28. The van der Waals surface area contributed by atoms with Crippen LogP contribution in [0.3, 0.4) is 0 Å². The van der Waals surface area contributed by atoms with Gasteiger partial charge in [-0.2, -0.15) is 0 Å². The Bertz CT molecular complexity index is 1080. The van der Waals surface area contributed by atoms with E-state index in [0.717, 1.165) is 28.0 Å². The van der Waals surface area contributed by atoms with Crippen LogP contribution < -0.4 is 31.4 Å². The second kappa shape index (κ2) is 12.9. The summed E-state index contributed by atoms with van der Waals surface area (Å²) in [5.74, 6) is 4.81. The number of benzene rings is 2. The number of carbonyl (C=O) groups is 2. The van der Waals surface area contributed by atoms with Crippen LogP contribution in [-0.4, -0.2) is 30.3 Å². The second-order valence-corrected chi connectivity index (χ2v) is 9.03. The molecule has 0 aliphatic rings. The van der Waals surface area contributed by atoms with Crippen LogP contribution in [0.1, 0.15) is 56.1 Å². The van der Waals surface area contributed by atoms with E-state index in [9.17, 15) is 9.59 Å². The lowest BCUT2D eigenvalue weighted by atomic mass is 9.86. The Morgan fingerprint density at radius 2 is 1.74 bits per heavy atom. The number of hydrogen-bond acceptors (Lipinski definition) is 8. The van der Waals surface area contributed by atoms with E-state index in [-0.39, 0.29) is 11.3 Å². The molecule has 0 radical (unpaired) electrons. The number of hydrazine groups is 1. The largest absolute Gasteiger partial charge is 0.492 e. The maximum Gasteiger partial charge on any atom is 0.353 e. The molecule has 0 heterocycles. The van der Waals surface area contributed by atoms with E-state index in [1.807, 2.05) is 32.2 Å². The smallest absolute Gasteiger partial charge is 0.353 e. The number of anilines is 3. The zero-order chi connectivity index (χ0) is 26.9. The van der Waals surface area contributed by atoms with Crippen LogP contribution in [0.15, 0.2) is 42.2 Å². The van der Waals surface area contributed by atoms with E-state index >= 15 is 0 Å². The number of nitrogens with two attached hydrogens (primary N) is 2. The summed E-state index contributed by atoms with van der Waals surface area (Å²) in [6, 6.07) is 8.84. The second-order valence-electron chi connectivity index (χ2n) is 8.41. The summed E-state index contributed by atoms with van der Waals surface area (Å²) in [4.78, 5) is 24.1. The molecule has 0 spiro atoms. The molecule has 7 N–H and O–H groups in total. The molecule has 9 nitrogen and oxygen atoms in total. The first kappa shape index (κ1) is 29.7. The molecular formula is C25H37N5O4S.